The minimum absolute atomic E-state index is 0.663. The largest absolute Gasteiger partial charge is 0.256 e. The second-order valence-corrected chi connectivity index (χ2v) is 6.16. The normalized spacial score (nSPS) is 21.2. The van der Waals surface area contributed by atoms with Crippen LogP contribution in [-0.4, -0.2) is 4.98 Å². The third-order valence-electron chi connectivity index (χ3n) is 4.80. The minimum atomic E-state index is 0.663. The molecule has 0 N–H and O–H groups in total. The number of benzene rings is 2. The van der Waals surface area contributed by atoms with Gasteiger partial charge in [-0.3, -0.25) is 4.98 Å². The molecule has 2 unspecified atom stereocenters. The molecule has 21 heavy (non-hydrogen) atoms. The van der Waals surface area contributed by atoms with Gasteiger partial charge in [0.25, 0.3) is 0 Å². The molecular weight excluding hydrogens is 254 g/mol. The Hall–Kier alpha value is -2.15. The van der Waals surface area contributed by atoms with Gasteiger partial charge in [-0.2, -0.15) is 0 Å². The molecule has 0 bridgehead atoms. The fourth-order valence-electron chi connectivity index (χ4n) is 3.52. The molecule has 2 aromatic carbocycles. The van der Waals surface area contributed by atoms with E-state index in [4.69, 9.17) is 0 Å². The van der Waals surface area contributed by atoms with Crippen LogP contribution in [0.3, 0.4) is 0 Å². The van der Waals surface area contributed by atoms with E-state index in [1.807, 2.05) is 12.3 Å². The Kier molecular flexibility index (Phi) is 2.99. The standard InChI is InChI=1S/C20H19N/c1-14-4-2-5-15(12-14)18-8-9-19(18)16-7-10-20-17(13-16)6-3-11-21-20/h2-7,10-13,18-19H,8-9H2,1H3. The maximum Gasteiger partial charge on any atom is 0.0702 e. The van der Waals surface area contributed by atoms with Crippen molar-refractivity contribution in [3.63, 3.8) is 0 Å². The highest BCUT2D eigenvalue weighted by atomic mass is 14.6. The lowest BCUT2D eigenvalue weighted by atomic mass is 9.66. The van der Waals surface area contributed by atoms with Crippen molar-refractivity contribution in [3.05, 3.63) is 77.5 Å². The van der Waals surface area contributed by atoms with Crippen LogP contribution in [0.5, 0.6) is 0 Å². The zero-order valence-corrected chi connectivity index (χ0v) is 12.3. The molecule has 4 rings (SSSR count). The first kappa shape index (κ1) is 12.6. The third kappa shape index (κ3) is 2.23. The van der Waals surface area contributed by atoms with Gasteiger partial charge < -0.3 is 0 Å². The van der Waals surface area contributed by atoms with Crippen LogP contribution in [-0.2, 0) is 0 Å². The Bertz CT molecular complexity index is 790. The average molecular weight is 273 g/mol. The Labute approximate surface area is 125 Å². The molecule has 1 heterocycles. The van der Waals surface area contributed by atoms with E-state index < -0.39 is 0 Å². The number of fused-ring (bicyclic) bond motifs is 1. The summed E-state index contributed by atoms with van der Waals surface area (Å²) >= 11 is 0. The Morgan fingerprint density at radius 2 is 1.67 bits per heavy atom. The lowest BCUT2D eigenvalue weighted by Gasteiger charge is -2.37. The van der Waals surface area contributed by atoms with Crippen molar-refractivity contribution < 1.29 is 0 Å². The lowest BCUT2D eigenvalue weighted by molar-refractivity contribution is 0.346. The van der Waals surface area contributed by atoms with Crippen molar-refractivity contribution in [3.8, 4) is 0 Å². The van der Waals surface area contributed by atoms with Crippen molar-refractivity contribution in [2.75, 3.05) is 0 Å². The van der Waals surface area contributed by atoms with Gasteiger partial charge in [0.1, 0.15) is 0 Å². The SMILES string of the molecule is Cc1cccc(C2CCC2c2ccc3ncccc3c2)c1. The lowest BCUT2D eigenvalue weighted by Crippen LogP contribution is -2.21. The molecule has 0 saturated heterocycles. The highest BCUT2D eigenvalue weighted by Gasteiger charge is 2.33. The maximum absolute atomic E-state index is 4.41. The molecule has 0 aliphatic heterocycles. The van der Waals surface area contributed by atoms with E-state index in [1.54, 1.807) is 0 Å². The van der Waals surface area contributed by atoms with Crippen molar-refractivity contribution in [2.24, 2.45) is 0 Å². The summed E-state index contributed by atoms with van der Waals surface area (Å²) in [7, 11) is 0. The minimum Gasteiger partial charge on any atom is -0.256 e. The molecule has 1 saturated carbocycles. The number of aromatic nitrogens is 1. The summed E-state index contributed by atoms with van der Waals surface area (Å²) in [6.45, 7) is 2.18. The molecule has 0 amide bonds. The topological polar surface area (TPSA) is 12.9 Å². The van der Waals surface area contributed by atoms with Gasteiger partial charge in [0.2, 0.25) is 0 Å². The van der Waals surface area contributed by atoms with Crippen LogP contribution < -0.4 is 0 Å². The molecule has 0 radical (unpaired) electrons. The predicted molar refractivity (Wildman–Crippen MR) is 87.6 cm³/mol. The van der Waals surface area contributed by atoms with E-state index in [9.17, 15) is 0 Å². The molecule has 1 fully saturated rings. The van der Waals surface area contributed by atoms with E-state index in [-0.39, 0.29) is 0 Å². The number of hydrogen-bond acceptors (Lipinski definition) is 1. The van der Waals surface area contributed by atoms with Crippen molar-refractivity contribution >= 4 is 10.9 Å². The van der Waals surface area contributed by atoms with Crippen molar-refractivity contribution in [2.45, 2.75) is 31.6 Å². The number of rotatable bonds is 2. The number of aryl methyl sites for hydroxylation is 1. The molecule has 104 valence electrons. The molecule has 1 aromatic heterocycles. The summed E-state index contributed by atoms with van der Waals surface area (Å²) in [6.07, 6.45) is 4.46. The van der Waals surface area contributed by atoms with E-state index in [2.05, 4.69) is 60.4 Å². The van der Waals surface area contributed by atoms with Gasteiger partial charge in [-0.05, 0) is 60.9 Å². The van der Waals surface area contributed by atoms with Crippen LogP contribution in [0.25, 0.3) is 10.9 Å². The molecule has 1 aliphatic carbocycles. The van der Waals surface area contributed by atoms with E-state index >= 15 is 0 Å². The van der Waals surface area contributed by atoms with Gasteiger partial charge in [-0.1, -0.05) is 42.0 Å². The first-order valence-electron chi connectivity index (χ1n) is 7.72. The first-order valence-corrected chi connectivity index (χ1v) is 7.72. The monoisotopic (exact) mass is 273 g/mol. The Morgan fingerprint density at radius 3 is 2.43 bits per heavy atom. The third-order valence-corrected chi connectivity index (χ3v) is 4.80. The predicted octanol–water partition coefficient (Wildman–Crippen LogP) is 5.20. The first-order chi connectivity index (χ1) is 10.3. The summed E-state index contributed by atoms with van der Waals surface area (Å²) in [5, 5.41) is 1.25. The van der Waals surface area contributed by atoms with Gasteiger partial charge in [-0.25, -0.2) is 0 Å². The van der Waals surface area contributed by atoms with Gasteiger partial charge in [0.05, 0.1) is 5.52 Å². The van der Waals surface area contributed by atoms with Crippen LogP contribution in [0.2, 0.25) is 0 Å². The van der Waals surface area contributed by atoms with Crippen LogP contribution in [0.15, 0.2) is 60.8 Å². The summed E-state index contributed by atoms with van der Waals surface area (Å²) in [4.78, 5) is 4.41. The Balaban J connectivity index is 1.68. The molecule has 0 spiro atoms. The van der Waals surface area contributed by atoms with Gasteiger partial charge >= 0.3 is 0 Å². The maximum atomic E-state index is 4.41. The molecule has 1 nitrogen and oxygen atoms in total. The van der Waals surface area contributed by atoms with Crippen LogP contribution in [0, 0.1) is 6.92 Å². The smallest absolute Gasteiger partial charge is 0.0702 e. The second-order valence-electron chi connectivity index (χ2n) is 6.16. The van der Waals surface area contributed by atoms with Gasteiger partial charge in [0.15, 0.2) is 0 Å². The molecule has 2 atom stereocenters. The second kappa shape index (κ2) is 5.00. The fraction of sp³-hybridized carbons (Fsp3) is 0.250. The van der Waals surface area contributed by atoms with E-state index in [0.717, 1.165) is 5.52 Å². The summed E-state index contributed by atoms with van der Waals surface area (Å²) in [5.74, 6) is 1.34. The summed E-state index contributed by atoms with van der Waals surface area (Å²) < 4.78 is 0. The summed E-state index contributed by atoms with van der Waals surface area (Å²) in [5.41, 5.74) is 5.42. The number of nitrogens with zero attached hydrogens (tertiary/aromatic N) is 1. The molecule has 3 aromatic rings. The van der Waals surface area contributed by atoms with Crippen LogP contribution in [0.1, 0.15) is 41.4 Å². The quantitative estimate of drug-likeness (QED) is 0.625. The average Bonchev–Trinajstić information content (AvgIpc) is 2.46. The van der Waals surface area contributed by atoms with Gasteiger partial charge in [0, 0.05) is 11.6 Å². The zero-order chi connectivity index (χ0) is 14.2. The highest BCUT2D eigenvalue weighted by Crippen LogP contribution is 2.49. The van der Waals surface area contributed by atoms with Crippen LogP contribution in [0.4, 0.5) is 0 Å². The van der Waals surface area contributed by atoms with Crippen LogP contribution >= 0.6 is 0 Å². The van der Waals surface area contributed by atoms with Gasteiger partial charge in [-0.15, -0.1) is 0 Å². The number of hydrogen-bond donors (Lipinski definition) is 0. The molecular formula is C20H19N. The molecule has 1 aliphatic rings. The van der Waals surface area contributed by atoms with Crippen molar-refractivity contribution in [1.82, 2.24) is 4.98 Å². The zero-order valence-electron chi connectivity index (χ0n) is 12.3. The Morgan fingerprint density at radius 1 is 0.857 bits per heavy atom. The van der Waals surface area contributed by atoms with E-state index in [1.165, 1.54) is 34.9 Å². The number of pyridine rings is 1. The van der Waals surface area contributed by atoms with Crippen molar-refractivity contribution in [1.29, 1.82) is 0 Å². The molecule has 1 heteroatoms. The highest BCUT2D eigenvalue weighted by molar-refractivity contribution is 5.79. The van der Waals surface area contributed by atoms with E-state index in [0.29, 0.717) is 11.8 Å². The fourth-order valence-corrected chi connectivity index (χ4v) is 3.52. The summed E-state index contributed by atoms with van der Waals surface area (Å²) in [6, 6.07) is 19.9.